The Kier molecular flexibility index (Phi) is 5.20. The van der Waals surface area contributed by atoms with Crippen LogP contribution in [0.3, 0.4) is 0 Å². The van der Waals surface area contributed by atoms with Gasteiger partial charge >= 0.3 is 5.97 Å². The van der Waals surface area contributed by atoms with Crippen LogP contribution in [0.5, 0.6) is 5.75 Å². The van der Waals surface area contributed by atoms with Gasteiger partial charge in [-0.1, -0.05) is 81.0 Å². The van der Waals surface area contributed by atoms with E-state index < -0.39 is 5.97 Å². The number of ether oxygens (including phenoxy) is 1. The van der Waals surface area contributed by atoms with Gasteiger partial charge in [-0.15, -0.1) is 0 Å². The van der Waals surface area contributed by atoms with E-state index in [0.29, 0.717) is 5.75 Å². The van der Waals surface area contributed by atoms with Crippen LogP contribution in [-0.2, 0) is 21.0 Å². The SMILES string of the molecule is C=CC(=O)Oc1c(C(C)(C)C)cc(C(C)(C)C)cc1C(C)(C)C. The molecule has 1 rings (SSSR count). The lowest BCUT2D eigenvalue weighted by molar-refractivity contribution is -0.129. The van der Waals surface area contributed by atoms with Gasteiger partial charge in [0.05, 0.1) is 0 Å². The molecule has 0 saturated heterocycles. The van der Waals surface area contributed by atoms with Gasteiger partial charge in [0, 0.05) is 17.2 Å². The van der Waals surface area contributed by atoms with Crippen LogP contribution in [-0.4, -0.2) is 5.97 Å². The first-order valence-corrected chi connectivity index (χ1v) is 8.21. The minimum absolute atomic E-state index is 0.0287. The van der Waals surface area contributed by atoms with Gasteiger partial charge in [0.15, 0.2) is 0 Å². The average Bonchev–Trinajstić information content (AvgIpc) is 2.34. The number of hydrogen-bond donors (Lipinski definition) is 0. The zero-order valence-electron chi connectivity index (χ0n) is 16.3. The Morgan fingerprint density at radius 2 is 1.26 bits per heavy atom. The number of hydrogen-bond acceptors (Lipinski definition) is 2. The van der Waals surface area contributed by atoms with Crippen LogP contribution in [0.15, 0.2) is 24.8 Å². The van der Waals surface area contributed by atoms with Crippen molar-refractivity contribution in [2.45, 2.75) is 78.6 Å². The number of benzene rings is 1. The molecular weight excluding hydrogens is 284 g/mol. The van der Waals surface area contributed by atoms with Gasteiger partial charge in [0.25, 0.3) is 0 Å². The maximum absolute atomic E-state index is 11.9. The summed E-state index contributed by atoms with van der Waals surface area (Å²) in [7, 11) is 0. The molecule has 2 heteroatoms. The van der Waals surface area contributed by atoms with E-state index in [1.807, 2.05) is 0 Å². The van der Waals surface area contributed by atoms with E-state index in [-0.39, 0.29) is 16.2 Å². The molecule has 0 bridgehead atoms. The van der Waals surface area contributed by atoms with E-state index in [9.17, 15) is 4.79 Å². The second-order valence-corrected chi connectivity index (χ2v) is 9.28. The van der Waals surface area contributed by atoms with Crippen molar-refractivity contribution in [3.8, 4) is 5.75 Å². The quantitative estimate of drug-likeness (QED) is 0.399. The van der Waals surface area contributed by atoms with Crippen LogP contribution in [0.1, 0.15) is 79.0 Å². The molecule has 23 heavy (non-hydrogen) atoms. The third kappa shape index (κ3) is 4.70. The number of esters is 1. The highest BCUT2D eigenvalue weighted by Gasteiger charge is 2.30. The molecule has 0 radical (unpaired) electrons. The van der Waals surface area contributed by atoms with E-state index >= 15 is 0 Å². The zero-order chi connectivity index (χ0) is 18.2. The van der Waals surface area contributed by atoms with Crippen molar-refractivity contribution in [1.82, 2.24) is 0 Å². The molecule has 0 heterocycles. The summed E-state index contributed by atoms with van der Waals surface area (Å²) >= 11 is 0. The van der Waals surface area contributed by atoms with Gasteiger partial charge in [0.2, 0.25) is 0 Å². The molecule has 0 atom stereocenters. The summed E-state index contributed by atoms with van der Waals surface area (Å²) < 4.78 is 5.69. The maximum atomic E-state index is 11.9. The van der Waals surface area contributed by atoms with Crippen LogP contribution in [0.25, 0.3) is 0 Å². The fourth-order valence-electron chi connectivity index (χ4n) is 2.43. The molecule has 0 N–H and O–H groups in total. The first-order valence-electron chi connectivity index (χ1n) is 8.21. The predicted octanol–water partition coefficient (Wildman–Crippen LogP) is 5.67. The van der Waals surface area contributed by atoms with Crippen molar-refractivity contribution in [2.24, 2.45) is 0 Å². The predicted molar refractivity (Wildman–Crippen MR) is 98.4 cm³/mol. The molecule has 0 aliphatic carbocycles. The smallest absolute Gasteiger partial charge is 0.335 e. The van der Waals surface area contributed by atoms with E-state index in [1.165, 1.54) is 11.6 Å². The maximum Gasteiger partial charge on any atom is 0.335 e. The molecule has 0 aliphatic rings. The molecule has 0 fully saturated rings. The van der Waals surface area contributed by atoms with Crippen LogP contribution < -0.4 is 4.74 Å². The summed E-state index contributed by atoms with van der Waals surface area (Å²) in [5.41, 5.74) is 3.15. The van der Waals surface area contributed by atoms with Crippen molar-refractivity contribution in [2.75, 3.05) is 0 Å². The molecule has 0 aliphatic heterocycles. The minimum Gasteiger partial charge on any atom is -0.423 e. The van der Waals surface area contributed by atoms with Crippen molar-refractivity contribution >= 4 is 5.97 Å². The lowest BCUT2D eigenvalue weighted by Gasteiger charge is -2.32. The zero-order valence-corrected chi connectivity index (χ0v) is 16.3. The van der Waals surface area contributed by atoms with Crippen LogP contribution in [0, 0.1) is 0 Å². The van der Waals surface area contributed by atoms with E-state index in [2.05, 4.69) is 81.0 Å². The van der Waals surface area contributed by atoms with Crippen molar-refractivity contribution in [3.63, 3.8) is 0 Å². The normalized spacial score (nSPS) is 12.9. The lowest BCUT2D eigenvalue weighted by Crippen LogP contribution is -2.24. The Bertz CT molecular complexity index is 567. The molecule has 1 aromatic rings. The standard InChI is InChI=1S/C21H32O2/c1-11-17(22)23-18-15(20(5,6)7)12-14(19(2,3)4)13-16(18)21(8,9)10/h11-13H,1H2,2-10H3. The summed E-state index contributed by atoms with van der Waals surface area (Å²) in [5, 5.41) is 0. The second kappa shape index (κ2) is 6.14. The van der Waals surface area contributed by atoms with Gasteiger partial charge in [-0.05, 0) is 21.8 Å². The number of carbonyl (C=O) groups is 1. The van der Waals surface area contributed by atoms with E-state index in [1.54, 1.807) is 0 Å². The highest BCUT2D eigenvalue weighted by molar-refractivity contribution is 5.84. The van der Waals surface area contributed by atoms with Crippen molar-refractivity contribution < 1.29 is 9.53 Å². The summed E-state index contributed by atoms with van der Waals surface area (Å²) in [5.74, 6) is 0.271. The van der Waals surface area contributed by atoms with Crippen LogP contribution >= 0.6 is 0 Å². The molecular formula is C21H32O2. The molecule has 0 unspecified atom stereocenters. The van der Waals surface area contributed by atoms with Crippen molar-refractivity contribution in [3.05, 3.63) is 41.5 Å². The van der Waals surface area contributed by atoms with Gasteiger partial charge in [-0.2, -0.15) is 0 Å². The molecule has 0 aromatic heterocycles. The summed E-state index contributed by atoms with van der Waals surface area (Å²) in [6.45, 7) is 23.0. The van der Waals surface area contributed by atoms with Crippen molar-refractivity contribution in [1.29, 1.82) is 0 Å². The Labute approximate surface area is 141 Å². The van der Waals surface area contributed by atoms with E-state index in [4.69, 9.17) is 4.74 Å². The second-order valence-electron chi connectivity index (χ2n) is 9.28. The van der Waals surface area contributed by atoms with Gasteiger partial charge in [0.1, 0.15) is 5.75 Å². The Balaban J connectivity index is 3.82. The fourth-order valence-corrected chi connectivity index (χ4v) is 2.43. The molecule has 0 amide bonds. The third-order valence-corrected chi connectivity index (χ3v) is 3.94. The van der Waals surface area contributed by atoms with Gasteiger partial charge in [-0.3, -0.25) is 0 Å². The Morgan fingerprint density at radius 1 is 0.870 bits per heavy atom. The fraction of sp³-hybridized carbons (Fsp3) is 0.571. The molecule has 0 spiro atoms. The van der Waals surface area contributed by atoms with Gasteiger partial charge in [-0.25, -0.2) is 4.79 Å². The largest absolute Gasteiger partial charge is 0.423 e. The van der Waals surface area contributed by atoms with Crippen LogP contribution in [0.4, 0.5) is 0 Å². The Morgan fingerprint density at radius 3 is 1.52 bits per heavy atom. The monoisotopic (exact) mass is 316 g/mol. The number of carbonyl (C=O) groups excluding carboxylic acids is 1. The minimum atomic E-state index is -0.412. The van der Waals surface area contributed by atoms with E-state index in [0.717, 1.165) is 11.1 Å². The third-order valence-electron chi connectivity index (χ3n) is 3.94. The highest BCUT2D eigenvalue weighted by Crippen LogP contribution is 2.42. The average molecular weight is 316 g/mol. The summed E-state index contributed by atoms with van der Waals surface area (Å²) in [4.78, 5) is 11.9. The number of rotatable bonds is 2. The topological polar surface area (TPSA) is 26.3 Å². The first-order chi connectivity index (χ1) is 10.2. The Hall–Kier alpha value is -1.57. The summed E-state index contributed by atoms with van der Waals surface area (Å²) in [6, 6.07) is 4.36. The van der Waals surface area contributed by atoms with Gasteiger partial charge < -0.3 is 4.74 Å². The highest BCUT2D eigenvalue weighted by atomic mass is 16.5. The summed E-state index contributed by atoms with van der Waals surface area (Å²) in [6.07, 6.45) is 1.22. The van der Waals surface area contributed by atoms with Crippen LogP contribution in [0.2, 0.25) is 0 Å². The molecule has 2 nitrogen and oxygen atoms in total. The molecule has 1 aromatic carbocycles. The molecule has 0 saturated carbocycles. The first kappa shape index (κ1) is 19.5. The molecule has 128 valence electrons. The lowest BCUT2D eigenvalue weighted by atomic mass is 9.74.